The molecular weight excluding hydrogens is 366 g/mol. The molecule has 0 amide bonds. The van der Waals surface area contributed by atoms with E-state index >= 15 is 0 Å². The van der Waals surface area contributed by atoms with Gasteiger partial charge in [-0.15, -0.1) is 0 Å². The maximum atomic E-state index is 12.5. The molecule has 3 aromatic heterocycles. The van der Waals surface area contributed by atoms with Gasteiger partial charge in [0.25, 0.3) is 5.56 Å². The third-order valence-electron chi connectivity index (χ3n) is 5.39. The first-order valence-corrected chi connectivity index (χ1v) is 10.0. The fourth-order valence-corrected chi connectivity index (χ4v) is 3.61. The summed E-state index contributed by atoms with van der Waals surface area (Å²) in [6.45, 7) is 8.70. The molecule has 0 aliphatic carbocycles. The van der Waals surface area contributed by atoms with Gasteiger partial charge in [0.1, 0.15) is 5.82 Å². The molecule has 4 rings (SSSR count). The minimum Gasteiger partial charge on any atom is -0.355 e. The molecule has 0 N–H and O–H groups in total. The minimum atomic E-state index is -0.116. The number of nitrogens with zero attached hydrogens (tertiary/aromatic N) is 7. The second kappa shape index (κ2) is 7.77. The van der Waals surface area contributed by atoms with E-state index < -0.39 is 0 Å². The van der Waals surface area contributed by atoms with Crippen LogP contribution in [0.15, 0.2) is 48.0 Å². The average Bonchev–Trinajstić information content (AvgIpc) is 3.24. The molecule has 8 heteroatoms. The molecule has 0 bridgehead atoms. The van der Waals surface area contributed by atoms with E-state index in [1.807, 2.05) is 12.3 Å². The highest BCUT2D eigenvalue weighted by molar-refractivity contribution is 5.39. The SMILES string of the molecule is CC(C)(C)c1cc(=O)n(CC2CCN(c3cncc(-n4cccn4)n3)CC2)cn1. The van der Waals surface area contributed by atoms with Crippen molar-refractivity contribution in [3.05, 3.63) is 59.3 Å². The molecular formula is C21H27N7O. The Bertz CT molecular complexity index is 1010. The van der Waals surface area contributed by atoms with E-state index in [1.165, 1.54) is 0 Å². The van der Waals surface area contributed by atoms with Gasteiger partial charge >= 0.3 is 0 Å². The van der Waals surface area contributed by atoms with Crippen molar-refractivity contribution in [2.45, 2.75) is 45.6 Å². The van der Waals surface area contributed by atoms with Crippen molar-refractivity contribution in [1.29, 1.82) is 0 Å². The van der Waals surface area contributed by atoms with Crippen molar-refractivity contribution in [2.24, 2.45) is 5.92 Å². The first kappa shape index (κ1) is 19.3. The number of anilines is 1. The topological polar surface area (TPSA) is 81.7 Å². The summed E-state index contributed by atoms with van der Waals surface area (Å²) in [4.78, 5) is 28.2. The zero-order valence-electron chi connectivity index (χ0n) is 17.2. The first-order valence-electron chi connectivity index (χ1n) is 10.0. The molecule has 4 heterocycles. The van der Waals surface area contributed by atoms with Crippen molar-refractivity contribution < 1.29 is 0 Å². The number of hydrogen-bond donors (Lipinski definition) is 0. The molecule has 0 aromatic carbocycles. The van der Waals surface area contributed by atoms with Crippen molar-refractivity contribution in [3.63, 3.8) is 0 Å². The second-order valence-corrected chi connectivity index (χ2v) is 8.63. The highest BCUT2D eigenvalue weighted by Gasteiger charge is 2.22. The first-order chi connectivity index (χ1) is 13.9. The predicted molar refractivity (Wildman–Crippen MR) is 111 cm³/mol. The summed E-state index contributed by atoms with van der Waals surface area (Å²) in [6, 6.07) is 3.54. The van der Waals surface area contributed by atoms with E-state index in [-0.39, 0.29) is 11.0 Å². The molecule has 3 aromatic rings. The summed E-state index contributed by atoms with van der Waals surface area (Å²) in [5.74, 6) is 2.03. The Morgan fingerprint density at radius 3 is 2.55 bits per heavy atom. The van der Waals surface area contributed by atoms with Gasteiger partial charge in [-0.25, -0.2) is 14.6 Å². The van der Waals surface area contributed by atoms with E-state index in [1.54, 1.807) is 40.2 Å². The smallest absolute Gasteiger partial charge is 0.253 e. The van der Waals surface area contributed by atoms with Crippen LogP contribution in [0.5, 0.6) is 0 Å². The van der Waals surface area contributed by atoms with E-state index in [0.29, 0.717) is 18.3 Å². The number of aromatic nitrogens is 6. The molecule has 0 atom stereocenters. The molecule has 1 saturated heterocycles. The van der Waals surface area contributed by atoms with Gasteiger partial charge in [-0.3, -0.25) is 14.3 Å². The van der Waals surface area contributed by atoms with Crippen molar-refractivity contribution in [1.82, 2.24) is 29.3 Å². The maximum absolute atomic E-state index is 12.5. The molecule has 1 aliphatic rings. The zero-order valence-corrected chi connectivity index (χ0v) is 17.2. The van der Waals surface area contributed by atoms with E-state index in [0.717, 1.165) is 37.4 Å². The van der Waals surface area contributed by atoms with Crippen molar-refractivity contribution >= 4 is 5.82 Å². The van der Waals surface area contributed by atoms with Gasteiger partial charge in [0, 0.05) is 43.5 Å². The molecule has 0 saturated carbocycles. The van der Waals surface area contributed by atoms with Crippen LogP contribution in [0.2, 0.25) is 0 Å². The van der Waals surface area contributed by atoms with Gasteiger partial charge in [0.05, 0.1) is 24.4 Å². The van der Waals surface area contributed by atoms with Gasteiger partial charge < -0.3 is 4.90 Å². The van der Waals surface area contributed by atoms with Gasteiger partial charge in [-0.1, -0.05) is 20.8 Å². The Kier molecular flexibility index (Phi) is 5.17. The summed E-state index contributed by atoms with van der Waals surface area (Å²) in [7, 11) is 0. The van der Waals surface area contributed by atoms with Gasteiger partial charge in [-0.2, -0.15) is 5.10 Å². The van der Waals surface area contributed by atoms with Crippen molar-refractivity contribution in [2.75, 3.05) is 18.0 Å². The van der Waals surface area contributed by atoms with Crippen LogP contribution in [0.4, 0.5) is 5.82 Å². The molecule has 1 fully saturated rings. The Hall–Kier alpha value is -3.03. The molecule has 0 unspecified atom stereocenters. The van der Waals surface area contributed by atoms with Crippen LogP contribution in [-0.2, 0) is 12.0 Å². The average molecular weight is 393 g/mol. The molecule has 152 valence electrons. The Morgan fingerprint density at radius 2 is 1.90 bits per heavy atom. The molecule has 0 radical (unpaired) electrons. The Balaban J connectivity index is 1.39. The van der Waals surface area contributed by atoms with Crippen molar-refractivity contribution in [3.8, 4) is 5.82 Å². The fraction of sp³-hybridized carbons (Fsp3) is 0.476. The lowest BCUT2D eigenvalue weighted by Gasteiger charge is -2.33. The zero-order chi connectivity index (χ0) is 20.4. The number of hydrogen-bond acceptors (Lipinski definition) is 6. The van der Waals surface area contributed by atoms with E-state index in [2.05, 4.69) is 40.7 Å². The second-order valence-electron chi connectivity index (χ2n) is 8.63. The summed E-state index contributed by atoms with van der Waals surface area (Å²) in [5.41, 5.74) is 0.754. The predicted octanol–water partition coefficient (Wildman–Crippen LogP) is 2.43. The van der Waals surface area contributed by atoms with Crippen LogP contribution in [0, 0.1) is 5.92 Å². The number of piperidine rings is 1. The van der Waals surface area contributed by atoms with Crippen LogP contribution in [0.25, 0.3) is 5.82 Å². The lowest BCUT2D eigenvalue weighted by Crippen LogP contribution is -2.37. The highest BCUT2D eigenvalue weighted by atomic mass is 16.1. The summed E-state index contributed by atoms with van der Waals surface area (Å²) in [6.07, 6.45) is 10.8. The number of rotatable bonds is 4. The molecule has 0 spiro atoms. The fourth-order valence-electron chi connectivity index (χ4n) is 3.61. The standard InChI is InChI=1S/C21H27N7O/c1-21(2,3)17-11-20(29)27(15-23-17)14-16-5-9-26(10-6-16)18-12-22-13-19(25-18)28-8-4-7-24-28/h4,7-8,11-13,15-16H,5-6,9-10,14H2,1-3H3. The van der Waals surface area contributed by atoms with Crippen LogP contribution in [0.3, 0.4) is 0 Å². The summed E-state index contributed by atoms with van der Waals surface area (Å²) < 4.78 is 3.46. The Labute approximate surface area is 170 Å². The summed E-state index contributed by atoms with van der Waals surface area (Å²) >= 11 is 0. The third-order valence-corrected chi connectivity index (χ3v) is 5.39. The van der Waals surface area contributed by atoms with E-state index in [4.69, 9.17) is 4.98 Å². The van der Waals surface area contributed by atoms with Crippen LogP contribution >= 0.6 is 0 Å². The Morgan fingerprint density at radius 1 is 1.14 bits per heavy atom. The largest absolute Gasteiger partial charge is 0.355 e. The lowest BCUT2D eigenvalue weighted by molar-refractivity contribution is 0.349. The van der Waals surface area contributed by atoms with Gasteiger partial charge in [-0.05, 0) is 24.8 Å². The van der Waals surface area contributed by atoms with Crippen LogP contribution in [0.1, 0.15) is 39.3 Å². The normalized spacial score (nSPS) is 15.6. The maximum Gasteiger partial charge on any atom is 0.253 e. The molecule has 8 nitrogen and oxygen atoms in total. The van der Waals surface area contributed by atoms with E-state index in [9.17, 15) is 4.79 Å². The third kappa shape index (κ3) is 4.36. The monoisotopic (exact) mass is 393 g/mol. The lowest BCUT2D eigenvalue weighted by atomic mass is 9.92. The minimum absolute atomic E-state index is 0.0325. The molecule has 1 aliphatic heterocycles. The van der Waals surface area contributed by atoms with Gasteiger partial charge in [0.2, 0.25) is 0 Å². The highest BCUT2D eigenvalue weighted by Crippen LogP contribution is 2.23. The summed E-state index contributed by atoms with van der Waals surface area (Å²) in [5, 5.41) is 4.22. The quantitative estimate of drug-likeness (QED) is 0.677. The van der Waals surface area contributed by atoms with Gasteiger partial charge in [0.15, 0.2) is 5.82 Å². The molecule has 29 heavy (non-hydrogen) atoms. The van der Waals surface area contributed by atoms with Crippen LogP contribution in [-0.4, -0.2) is 42.4 Å². The van der Waals surface area contributed by atoms with Crippen LogP contribution < -0.4 is 10.5 Å².